The Labute approximate surface area is 48.0 Å². The third kappa shape index (κ3) is 5.58. The number of hydrogen-bond donors (Lipinski definition) is 0. The minimum atomic E-state index is 0.812. The van der Waals surface area contributed by atoms with Crippen LogP contribution >= 0.6 is 11.8 Å². The summed E-state index contributed by atoms with van der Waals surface area (Å²) in [5, 5.41) is 9.94. The van der Waals surface area contributed by atoms with Crippen molar-refractivity contribution in [2.75, 3.05) is 5.75 Å². The quantitative estimate of drug-likeness (QED) is 0.309. The van der Waals surface area contributed by atoms with E-state index in [0.717, 1.165) is 5.75 Å². The van der Waals surface area contributed by atoms with Crippen LogP contribution in [0.5, 0.6) is 0 Å². The van der Waals surface area contributed by atoms with Gasteiger partial charge < -0.3 is 0 Å². The first kappa shape index (κ1) is 6.58. The Morgan fingerprint density at radius 2 is 2.57 bits per heavy atom. The zero-order chi connectivity index (χ0) is 5.54. The molecule has 0 saturated carbocycles. The molecular weight excluding hydrogens is 106 g/mol. The van der Waals surface area contributed by atoms with Gasteiger partial charge in [0.15, 0.2) is 0 Å². The maximum atomic E-state index is 7.97. The van der Waals surface area contributed by atoms with Crippen molar-refractivity contribution in [1.82, 2.24) is 0 Å². The molecule has 0 atom stereocenters. The monoisotopic (exact) mass is 113 g/mol. The molecular formula is C5H7NS. The highest BCUT2D eigenvalue weighted by Crippen LogP contribution is 1.93. The van der Waals surface area contributed by atoms with Gasteiger partial charge in [0.25, 0.3) is 0 Å². The van der Waals surface area contributed by atoms with E-state index in [-0.39, 0.29) is 0 Å². The summed E-state index contributed by atoms with van der Waals surface area (Å²) in [4.78, 5) is 0. The average molecular weight is 113 g/mol. The molecule has 0 amide bonds. The molecule has 0 fully saturated rings. The summed E-state index contributed by atoms with van der Waals surface area (Å²) in [5.41, 5.74) is 0. The Bertz CT molecular complexity index is 90.7. The van der Waals surface area contributed by atoms with Gasteiger partial charge in [-0.25, -0.2) is 0 Å². The molecule has 0 aliphatic rings. The van der Waals surface area contributed by atoms with Crippen LogP contribution in [0.3, 0.4) is 0 Å². The van der Waals surface area contributed by atoms with Crippen molar-refractivity contribution in [2.24, 2.45) is 0 Å². The fourth-order valence-electron chi connectivity index (χ4n) is 0.182. The van der Waals surface area contributed by atoms with Crippen LogP contribution in [0, 0.1) is 10.7 Å². The molecule has 0 heterocycles. The van der Waals surface area contributed by atoms with E-state index in [0.29, 0.717) is 0 Å². The lowest BCUT2D eigenvalue weighted by Gasteiger charge is -1.74. The average Bonchev–Trinajstić information content (AvgIpc) is 1.69. The topological polar surface area (TPSA) is 23.8 Å². The van der Waals surface area contributed by atoms with Crippen molar-refractivity contribution in [2.45, 2.75) is 6.92 Å². The van der Waals surface area contributed by atoms with Crippen LogP contribution < -0.4 is 0 Å². The molecule has 38 valence electrons. The number of allylic oxidation sites excluding steroid dienone is 1. The standard InChI is InChI=1S/C5H7NS/c1-2-3-4-7-5-6/h2-3H,4H2,1H3/b3-2+. The van der Waals surface area contributed by atoms with Crippen LogP contribution in [0.2, 0.25) is 0 Å². The molecule has 0 saturated heterocycles. The predicted octanol–water partition coefficient (Wildman–Crippen LogP) is 1.78. The second kappa shape index (κ2) is 5.58. The molecule has 0 unspecified atom stereocenters. The Kier molecular flexibility index (Phi) is 5.25. The highest BCUT2D eigenvalue weighted by Gasteiger charge is 1.71. The lowest BCUT2D eigenvalue weighted by molar-refractivity contribution is 1.56. The summed E-state index contributed by atoms with van der Waals surface area (Å²) in [6, 6.07) is 0. The van der Waals surface area contributed by atoms with E-state index < -0.39 is 0 Å². The highest BCUT2D eigenvalue weighted by molar-refractivity contribution is 8.03. The first-order valence-electron chi connectivity index (χ1n) is 2.04. The van der Waals surface area contributed by atoms with Crippen LogP contribution in [-0.4, -0.2) is 5.75 Å². The maximum absolute atomic E-state index is 7.97. The number of nitriles is 1. The summed E-state index contributed by atoms with van der Waals surface area (Å²) in [7, 11) is 0. The molecule has 0 aromatic carbocycles. The third-order valence-electron chi connectivity index (χ3n) is 0.480. The fourth-order valence-corrected chi connectivity index (χ4v) is 0.545. The van der Waals surface area contributed by atoms with Crippen LogP contribution in [0.25, 0.3) is 0 Å². The summed E-state index contributed by atoms with van der Waals surface area (Å²) >= 11 is 1.25. The van der Waals surface area contributed by atoms with Gasteiger partial charge >= 0.3 is 0 Å². The van der Waals surface area contributed by atoms with Gasteiger partial charge in [0.1, 0.15) is 5.40 Å². The van der Waals surface area contributed by atoms with Gasteiger partial charge in [-0.3, -0.25) is 0 Å². The largest absolute Gasteiger partial charge is 0.185 e. The van der Waals surface area contributed by atoms with Gasteiger partial charge in [-0.15, -0.1) is 0 Å². The van der Waals surface area contributed by atoms with E-state index in [1.54, 1.807) is 0 Å². The van der Waals surface area contributed by atoms with E-state index >= 15 is 0 Å². The molecule has 0 spiro atoms. The summed E-state index contributed by atoms with van der Waals surface area (Å²) in [5.74, 6) is 0.812. The third-order valence-corrected chi connectivity index (χ3v) is 0.968. The Hall–Kier alpha value is -0.420. The molecule has 0 aliphatic heterocycles. The maximum Gasteiger partial charge on any atom is 0.133 e. The molecule has 0 aliphatic carbocycles. The van der Waals surface area contributed by atoms with Crippen molar-refractivity contribution in [3.63, 3.8) is 0 Å². The van der Waals surface area contributed by atoms with Gasteiger partial charge in [-0.1, -0.05) is 12.2 Å². The van der Waals surface area contributed by atoms with Crippen molar-refractivity contribution in [3.8, 4) is 5.40 Å². The molecule has 0 aromatic rings. The van der Waals surface area contributed by atoms with Gasteiger partial charge in [0, 0.05) is 5.75 Å². The fraction of sp³-hybridized carbons (Fsp3) is 0.400. The van der Waals surface area contributed by atoms with Crippen molar-refractivity contribution < 1.29 is 0 Å². The van der Waals surface area contributed by atoms with E-state index in [2.05, 4.69) is 0 Å². The smallest absolute Gasteiger partial charge is 0.133 e. The SMILES string of the molecule is C/C=C/CSC#N. The Morgan fingerprint density at radius 1 is 1.86 bits per heavy atom. The molecule has 1 nitrogen and oxygen atoms in total. The van der Waals surface area contributed by atoms with E-state index in [1.165, 1.54) is 11.8 Å². The first-order valence-corrected chi connectivity index (χ1v) is 3.02. The minimum absolute atomic E-state index is 0.812. The molecule has 2 heteroatoms. The van der Waals surface area contributed by atoms with Crippen LogP contribution in [0.15, 0.2) is 12.2 Å². The lowest BCUT2D eigenvalue weighted by atomic mass is 10.6. The second-order valence-electron chi connectivity index (χ2n) is 0.971. The number of nitrogens with zero attached hydrogens (tertiary/aromatic N) is 1. The number of rotatable bonds is 2. The van der Waals surface area contributed by atoms with E-state index in [1.807, 2.05) is 24.5 Å². The van der Waals surface area contributed by atoms with Gasteiger partial charge in [0.2, 0.25) is 0 Å². The van der Waals surface area contributed by atoms with Gasteiger partial charge in [-0.2, -0.15) is 5.26 Å². The number of thioether (sulfide) groups is 1. The Balaban J connectivity index is 2.87. The molecule has 0 radical (unpaired) electrons. The summed E-state index contributed by atoms with van der Waals surface area (Å²) in [6.07, 6.45) is 3.89. The summed E-state index contributed by atoms with van der Waals surface area (Å²) in [6.45, 7) is 1.94. The number of thiocyanates is 1. The second-order valence-corrected chi connectivity index (χ2v) is 1.78. The lowest BCUT2D eigenvalue weighted by Crippen LogP contribution is -1.60. The van der Waals surface area contributed by atoms with Crippen molar-refractivity contribution in [3.05, 3.63) is 12.2 Å². The van der Waals surface area contributed by atoms with Crippen molar-refractivity contribution >= 4 is 11.8 Å². The predicted molar refractivity (Wildman–Crippen MR) is 32.9 cm³/mol. The molecule has 0 bridgehead atoms. The summed E-state index contributed by atoms with van der Waals surface area (Å²) < 4.78 is 0. The zero-order valence-electron chi connectivity index (χ0n) is 4.22. The van der Waals surface area contributed by atoms with Crippen molar-refractivity contribution in [1.29, 1.82) is 5.26 Å². The van der Waals surface area contributed by atoms with Crippen LogP contribution in [0.1, 0.15) is 6.92 Å². The van der Waals surface area contributed by atoms with Crippen LogP contribution in [-0.2, 0) is 0 Å². The molecule has 0 N–H and O–H groups in total. The molecule has 0 rings (SSSR count). The number of hydrogen-bond acceptors (Lipinski definition) is 2. The van der Waals surface area contributed by atoms with Crippen LogP contribution in [0.4, 0.5) is 0 Å². The van der Waals surface area contributed by atoms with E-state index in [4.69, 9.17) is 5.26 Å². The minimum Gasteiger partial charge on any atom is -0.185 e. The Morgan fingerprint density at radius 3 is 3.00 bits per heavy atom. The van der Waals surface area contributed by atoms with Gasteiger partial charge in [-0.05, 0) is 18.7 Å². The van der Waals surface area contributed by atoms with E-state index in [9.17, 15) is 0 Å². The molecule has 0 aromatic heterocycles. The zero-order valence-corrected chi connectivity index (χ0v) is 5.03. The first-order chi connectivity index (χ1) is 3.41. The van der Waals surface area contributed by atoms with Gasteiger partial charge in [0.05, 0.1) is 0 Å². The molecule has 7 heavy (non-hydrogen) atoms. The normalized spacial score (nSPS) is 9.14. The highest BCUT2D eigenvalue weighted by atomic mass is 32.2.